The summed E-state index contributed by atoms with van der Waals surface area (Å²) in [6.07, 6.45) is 7.10. The van der Waals surface area contributed by atoms with Crippen molar-refractivity contribution >= 4 is 33.1 Å². The third kappa shape index (κ3) is 8.17. The highest BCUT2D eigenvalue weighted by Crippen LogP contribution is 2.25. The zero-order valence-corrected chi connectivity index (χ0v) is 28.6. The van der Waals surface area contributed by atoms with Crippen LogP contribution in [0.3, 0.4) is 0 Å². The Bertz CT molecular complexity index is 2450. The van der Waals surface area contributed by atoms with Crippen molar-refractivity contribution in [1.29, 1.82) is 0 Å². The minimum absolute atomic E-state index is 0.476. The number of pyridine rings is 1. The lowest BCUT2D eigenvalue weighted by Gasteiger charge is -2.12. The Morgan fingerprint density at radius 3 is 1.90 bits per heavy atom. The highest BCUT2D eigenvalue weighted by atomic mass is 16.5. The Morgan fingerprint density at radius 2 is 1.12 bits per heavy atom. The zero-order chi connectivity index (χ0) is 35.0. The SMILES string of the molecule is c1cc(CNc2ccc3cncnc3c2)cc(OCc2cccc(-c3cccc(COc4ccc(CNc5ccc6cnccc6c5)cc4)c3)c2)c1. The molecule has 2 aromatic heterocycles. The summed E-state index contributed by atoms with van der Waals surface area (Å²) in [6, 6.07) is 48.0. The average molecular weight is 680 g/mol. The Labute approximate surface area is 303 Å². The zero-order valence-electron chi connectivity index (χ0n) is 28.6. The lowest BCUT2D eigenvalue weighted by Crippen LogP contribution is -2.01. The molecule has 52 heavy (non-hydrogen) atoms. The number of benzene rings is 6. The summed E-state index contributed by atoms with van der Waals surface area (Å²) in [7, 11) is 0. The van der Waals surface area contributed by atoms with Crippen LogP contribution < -0.4 is 20.1 Å². The molecule has 0 aliphatic rings. The van der Waals surface area contributed by atoms with Gasteiger partial charge in [-0.25, -0.2) is 9.97 Å². The van der Waals surface area contributed by atoms with E-state index in [1.54, 1.807) is 6.33 Å². The van der Waals surface area contributed by atoms with Crippen molar-refractivity contribution in [3.05, 3.63) is 187 Å². The molecule has 0 aliphatic heterocycles. The monoisotopic (exact) mass is 679 g/mol. The largest absolute Gasteiger partial charge is 0.489 e. The maximum absolute atomic E-state index is 6.24. The maximum Gasteiger partial charge on any atom is 0.120 e. The number of hydrogen-bond acceptors (Lipinski definition) is 7. The Balaban J connectivity index is 0.835. The van der Waals surface area contributed by atoms with Crippen LogP contribution in [0.4, 0.5) is 11.4 Å². The first-order valence-electron chi connectivity index (χ1n) is 17.3. The molecule has 6 aromatic carbocycles. The number of aromatic nitrogens is 3. The summed E-state index contributed by atoms with van der Waals surface area (Å²) in [5, 5.41) is 10.3. The molecule has 0 bridgehead atoms. The number of anilines is 2. The van der Waals surface area contributed by atoms with Crippen molar-refractivity contribution in [2.75, 3.05) is 10.6 Å². The quantitative estimate of drug-likeness (QED) is 0.126. The van der Waals surface area contributed by atoms with Gasteiger partial charge in [0.1, 0.15) is 31.0 Å². The molecular weight excluding hydrogens is 643 g/mol. The fourth-order valence-corrected chi connectivity index (χ4v) is 6.15. The molecule has 0 radical (unpaired) electrons. The van der Waals surface area contributed by atoms with Gasteiger partial charge in [0.2, 0.25) is 0 Å². The molecular formula is C45H37N5O2. The maximum atomic E-state index is 6.24. The van der Waals surface area contributed by atoms with Gasteiger partial charge in [-0.15, -0.1) is 0 Å². The normalized spacial score (nSPS) is 11.0. The second-order valence-electron chi connectivity index (χ2n) is 12.7. The fraction of sp³-hybridized carbons (Fsp3) is 0.0889. The summed E-state index contributed by atoms with van der Waals surface area (Å²) in [6.45, 7) is 2.37. The van der Waals surface area contributed by atoms with Crippen LogP contribution >= 0.6 is 0 Å². The van der Waals surface area contributed by atoms with Gasteiger partial charge in [0.15, 0.2) is 0 Å². The molecule has 0 fully saturated rings. The topological polar surface area (TPSA) is 81.2 Å². The number of ether oxygens (including phenoxy) is 2. The van der Waals surface area contributed by atoms with E-state index in [1.165, 1.54) is 10.9 Å². The summed E-state index contributed by atoms with van der Waals surface area (Å²) in [4.78, 5) is 12.6. The van der Waals surface area contributed by atoms with E-state index in [0.717, 1.165) is 73.5 Å². The second-order valence-corrected chi connectivity index (χ2v) is 12.7. The molecule has 0 unspecified atom stereocenters. The molecule has 8 rings (SSSR count). The van der Waals surface area contributed by atoms with Gasteiger partial charge in [-0.3, -0.25) is 4.98 Å². The van der Waals surface area contributed by atoms with Crippen LogP contribution in [0.15, 0.2) is 164 Å². The van der Waals surface area contributed by atoms with E-state index in [0.29, 0.717) is 19.8 Å². The molecule has 0 atom stereocenters. The third-order valence-electron chi connectivity index (χ3n) is 8.96. The summed E-state index contributed by atoms with van der Waals surface area (Å²) < 4.78 is 12.4. The van der Waals surface area contributed by atoms with Gasteiger partial charge in [-0.1, -0.05) is 66.7 Å². The minimum atomic E-state index is 0.476. The number of nitrogens with one attached hydrogen (secondary N) is 2. The molecule has 0 amide bonds. The fourth-order valence-electron chi connectivity index (χ4n) is 6.15. The van der Waals surface area contributed by atoms with Gasteiger partial charge in [0, 0.05) is 53.8 Å². The number of nitrogens with zero attached hydrogens (tertiary/aromatic N) is 3. The number of rotatable bonds is 13. The molecule has 254 valence electrons. The molecule has 0 saturated carbocycles. The molecule has 8 aromatic rings. The van der Waals surface area contributed by atoms with Gasteiger partial charge >= 0.3 is 0 Å². The van der Waals surface area contributed by atoms with E-state index in [-0.39, 0.29) is 0 Å². The molecule has 2 N–H and O–H groups in total. The van der Waals surface area contributed by atoms with Gasteiger partial charge in [-0.2, -0.15) is 0 Å². The van der Waals surface area contributed by atoms with E-state index in [1.807, 2.05) is 67.1 Å². The Kier molecular flexibility index (Phi) is 9.64. The van der Waals surface area contributed by atoms with E-state index in [4.69, 9.17) is 9.47 Å². The van der Waals surface area contributed by atoms with Crippen molar-refractivity contribution in [3.63, 3.8) is 0 Å². The molecule has 7 heteroatoms. The van der Waals surface area contributed by atoms with Gasteiger partial charge in [-0.05, 0) is 112 Å². The predicted octanol–water partition coefficient (Wildman–Crippen LogP) is 10.2. The van der Waals surface area contributed by atoms with E-state index >= 15 is 0 Å². The molecule has 2 heterocycles. The summed E-state index contributed by atoms with van der Waals surface area (Å²) in [5.74, 6) is 1.68. The van der Waals surface area contributed by atoms with Gasteiger partial charge in [0.25, 0.3) is 0 Å². The van der Waals surface area contributed by atoms with Gasteiger partial charge in [0.05, 0.1) is 5.52 Å². The molecule has 0 aliphatic carbocycles. The molecule has 7 nitrogen and oxygen atoms in total. The first-order chi connectivity index (χ1) is 25.7. The lowest BCUT2D eigenvalue weighted by atomic mass is 10.0. The van der Waals surface area contributed by atoms with Crippen LogP contribution in [0.25, 0.3) is 32.8 Å². The van der Waals surface area contributed by atoms with Crippen LogP contribution in [0, 0.1) is 0 Å². The highest BCUT2D eigenvalue weighted by molar-refractivity contribution is 5.85. The van der Waals surface area contributed by atoms with E-state index in [9.17, 15) is 0 Å². The first kappa shape index (κ1) is 32.5. The minimum Gasteiger partial charge on any atom is -0.489 e. The van der Waals surface area contributed by atoms with Crippen molar-refractivity contribution in [1.82, 2.24) is 15.0 Å². The van der Waals surface area contributed by atoms with Crippen LogP contribution in [0.5, 0.6) is 11.5 Å². The second kappa shape index (κ2) is 15.4. The van der Waals surface area contributed by atoms with Crippen LogP contribution in [-0.4, -0.2) is 15.0 Å². The number of fused-ring (bicyclic) bond motifs is 2. The van der Waals surface area contributed by atoms with Crippen LogP contribution in [0.2, 0.25) is 0 Å². The first-order valence-corrected chi connectivity index (χ1v) is 17.3. The highest BCUT2D eigenvalue weighted by Gasteiger charge is 2.06. The molecule has 0 saturated heterocycles. The van der Waals surface area contributed by atoms with E-state index in [2.05, 4.69) is 117 Å². The van der Waals surface area contributed by atoms with Crippen molar-refractivity contribution < 1.29 is 9.47 Å². The standard InChI is InChI=1S/C45H37N5O2/c1-5-34(29-51-43-16-10-32(11-17-43)25-48-41-14-12-39-27-46-19-18-38(39)23-41)20-36(7-1)37-8-2-6-35(21-37)30-52-44-9-3-4-33(22-44)26-49-42-15-13-40-28-47-31-50-45(40)24-42/h1-24,27-28,31,48-49H,25-26,29-30H2. The Morgan fingerprint density at radius 1 is 0.462 bits per heavy atom. The lowest BCUT2D eigenvalue weighted by molar-refractivity contribution is 0.306. The van der Waals surface area contributed by atoms with E-state index < -0.39 is 0 Å². The van der Waals surface area contributed by atoms with Crippen molar-refractivity contribution in [2.45, 2.75) is 26.3 Å². The van der Waals surface area contributed by atoms with Crippen molar-refractivity contribution in [3.8, 4) is 22.6 Å². The summed E-state index contributed by atoms with van der Waals surface area (Å²) >= 11 is 0. The summed E-state index contributed by atoms with van der Waals surface area (Å²) in [5.41, 5.74) is 9.83. The van der Waals surface area contributed by atoms with Crippen molar-refractivity contribution in [2.24, 2.45) is 0 Å². The average Bonchev–Trinajstić information content (AvgIpc) is 3.21. The van der Waals surface area contributed by atoms with Crippen LogP contribution in [-0.2, 0) is 26.3 Å². The number of hydrogen-bond donors (Lipinski definition) is 2. The smallest absolute Gasteiger partial charge is 0.120 e. The van der Waals surface area contributed by atoms with Crippen LogP contribution in [0.1, 0.15) is 22.3 Å². The Hall–Kier alpha value is -6.73. The molecule has 0 spiro atoms. The van der Waals surface area contributed by atoms with Gasteiger partial charge < -0.3 is 20.1 Å². The predicted molar refractivity (Wildman–Crippen MR) is 209 cm³/mol. The third-order valence-corrected chi connectivity index (χ3v) is 8.96.